The highest BCUT2D eigenvalue weighted by Crippen LogP contribution is 2.16. The maximum Gasteiger partial charge on any atom is 0.251 e. The van der Waals surface area contributed by atoms with Crippen LogP contribution in [0.5, 0.6) is 5.75 Å². The van der Waals surface area contributed by atoms with Crippen LogP contribution < -0.4 is 11.1 Å². The van der Waals surface area contributed by atoms with Crippen LogP contribution >= 0.6 is 0 Å². The zero-order chi connectivity index (χ0) is 12.8. The van der Waals surface area contributed by atoms with E-state index in [4.69, 9.17) is 5.73 Å². The van der Waals surface area contributed by atoms with Gasteiger partial charge in [-0.15, -0.1) is 0 Å². The highest BCUT2D eigenvalue weighted by atomic mass is 16.3. The summed E-state index contributed by atoms with van der Waals surface area (Å²) in [5.41, 5.74) is 7.02. The van der Waals surface area contributed by atoms with Crippen LogP contribution in [0.3, 0.4) is 0 Å². The summed E-state index contributed by atoms with van der Waals surface area (Å²) >= 11 is 0. The number of hydrogen-bond donors (Lipinski definition) is 3. The van der Waals surface area contributed by atoms with E-state index in [-0.39, 0.29) is 17.7 Å². The Hall–Kier alpha value is -1.55. The monoisotopic (exact) mass is 236 g/mol. The van der Waals surface area contributed by atoms with Crippen molar-refractivity contribution in [2.45, 2.75) is 32.7 Å². The summed E-state index contributed by atoms with van der Waals surface area (Å²) in [6.45, 7) is 4.36. The van der Waals surface area contributed by atoms with E-state index in [0.717, 1.165) is 12.8 Å². The van der Waals surface area contributed by atoms with Gasteiger partial charge in [0.25, 0.3) is 5.91 Å². The molecular formula is C13H20N2O2. The van der Waals surface area contributed by atoms with Crippen LogP contribution in [0, 0.1) is 6.92 Å². The van der Waals surface area contributed by atoms with E-state index in [9.17, 15) is 9.90 Å². The molecular weight excluding hydrogens is 216 g/mol. The molecule has 0 saturated carbocycles. The highest BCUT2D eigenvalue weighted by Gasteiger charge is 2.07. The molecule has 1 aromatic rings. The van der Waals surface area contributed by atoms with Crippen LogP contribution in [0.1, 0.15) is 35.7 Å². The van der Waals surface area contributed by atoms with E-state index in [1.807, 2.05) is 6.92 Å². The second-order valence-electron chi connectivity index (χ2n) is 4.21. The predicted molar refractivity (Wildman–Crippen MR) is 68.1 cm³/mol. The number of benzene rings is 1. The van der Waals surface area contributed by atoms with Crippen molar-refractivity contribution < 1.29 is 9.90 Å². The number of nitrogens with one attached hydrogen (secondary N) is 1. The second kappa shape index (κ2) is 6.25. The lowest BCUT2D eigenvalue weighted by Crippen LogP contribution is -2.30. The number of nitrogens with two attached hydrogens (primary N) is 1. The first-order valence-electron chi connectivity index (χ1n) is 5.88. The summed E-state index contributed by atoms with van der Waals surface area (Å²) < 4.78 is 0. The maximum absolute atomic E-state index is 11.7. The Bertz CT molecular complexity index is 391. The lowest BCUT2D eigenvalue weighted by atomic mass is 10.1. The molecule has 1 unspecified atom stereocenters. The first kappa shape index (κ1) is 13.5. The Kier molecular flexibility index (Phi) is 4.97. The molecule has 4 nitrogen and oxygen atoms in total. The fourth-order valence-electron chi connectivity index (χ4n) is 1.47. The van der Waals surface area contributed by atoms with Gasteiger partial charge in [0.15, 0.2) is 0 Å². The largest absolute Gasteiger partial charge is 0.508 e. The van der Waals surface area contributed by atoms with E-state index in [1.54, 1.807) is 19.1 Å². The SMILES string of the molecule is CCC(N)CCNC(=O)c1ccc(O)c(C)c1. The van der Waals surface area contributed by atoms with Crippen molar-refractivity contribution >= 4 is 5.91 Å². The van der Waals surface area contributed by atoms with Crippen LogP contribution in [0.2, 0.25) is 0 Å². The topological polar surface area (TPSA) is 75.3 Å². The predicted octanol–water partition coefficient (Wildman–Crippen LogP) is 1.56. The number of amides is 1. The Morgan fingerprint density at radius 1 is 1.53 bits per heavy atom. The third-order valence-electron chi connectivity index (χ3n) is 2.78. The van der Waals surface area contributed by atoms with E-state index < -0.39 is 0 Å². The zero-order valence-electron chi connectivity index (χ0n) is 10.4. The minimum atomic E-state index is -0.128. The molecule has 0 bridgehead atoms. The Morgan fingerprint density at radius 3 is 2.82 bits per heavy atom. The minimum Gasteiger partial charge on any atom is -0.508 e. The normalized spacial score (nSPS) is 12.2. The maximum atomic E-state index is 11.7. The van der Waals surface area contributed by atoms with Gasteiger partial charge in [-0.3, -0.25) is 4.79 Å². The average Bonchev–Trinajstić information content (AvgIpc) is 2.32. The Morgan fingerprint density at radius 2 is 2.24 bits per heavy atom. The summed E-state index contributed by atoms with van der Waals surface area (Å²) in [4.78, 5) is 11.7. The third-order valence-corrected chi connectivity index (χ3v) is 2.78. The highest BCUT2D eigenvalue weighted by molar-refractivity contribution is 5.94. The molecule has 0 aliphatic carbocycles. The van der Waals surface area contributed by atoms with Crippen molar-refractivity contribution in [2.75, 3.05) is 6.54 Å². The molecule has 1 aromatic carbocycles. The number of rotatable bonds is 5. The van der Waals surface area contributed by atoms with Crippen molar-refractivity contribution in [1.82, 2.24) is 5.32 Å². The molecule has 0 saturated heterocycles. The van der Waals surface area contributed by atoms with Crippen LogP contribution in [0.25, 0.3) is 0 Å². The molecule has 1 atom stereocenters. The molecule has 0 fully saturated rings. The Balaban J connectivity index is 2.50. The number of aryl methyl sites for hydroxylation is 1. The molecule has 0 aliphatic rings. The summed E-state index contributed by atoms with van der Waals surface area (Å²) in [5, 5.41) is 12.2. The van der Waals surface area contributed by atoms with Gasteiger partial charge in [0.2, 0.25) is 0 Å². The van der Waals surface area contributed by atoms with Gasteiger partial charge in [0, 0.05) is 18.2 Å². The zero-order valence-corrected chi connectivity index (χ0v) is 10.4. The molecule has 0 heterocycles. The minimum absolute atomic E-state index is 0.128. The number of aromatic hydroxyl groups is 1. The summed E-state index contributed by atoms with van der Waals surface area (Å²) in [7, 11) is 0. The quantitative estimate of drug-likeness (QED) is 0.726. The van der Waals surface area contributed by atoms with Gasteiger partial charge in [-0.2, -0.15) is 0 Å². The van der Waals surface area contributed by atoms with E-state index in [2.05, 4.69) is 5.32 Å². The molecule has 0 spiro atoms. The number of carbonyl (C=O) groups excluding carboxylic acids is 1. The van der Waals surface area contributed by atoms with Crippen molar-refractivity contribution in [3.8, 4) is 5.75 Å². The number of hydrogen-bond acceptors (Lipinski definition) is 3. The van der Waals surface area contributed by atoms with Gasteiger partial charge in [-0.1, -0.05) is 6.92 Å². The smallest absolute Gasteiger partial charge is 0.251 e. The van der Waals surface area contributed by atoms with Crippen LogP contribution in [-0.4, -0.2) is 23.6 Å². The third kappa shape index (κ3) is 4.07. The summed E-state index contributed by atoms with van der Waals surface area (Å²) in [5.74, 6) is 0.0750. The van der Waals surface area contributed by atoms with Crippen molar-refractivity contribution in [3.63, 3.8) is 0 Å². The van der Waals surface area contributed by atoms with Gasteiger partial charge in [-0.25, -0.2) is 0 Å². The van der Waals surface area contributed by atoms with Crippen LogP contribution in [-0.2, 0) is 0 Å². The van der Waals surface area contributed by atoms with Crippen LogP contribution in [0.15, 0.2) is 18.2 Å². The number of carbonyl (C=O) groups is 1. The van der Waals surface area contributed by atoms with Crippen molar-refractivity contribution in [3.05, 3.63) is 29.3 Å². The van der Waals surface area contributed by atoms with E-state index >= 15 is 0 Å². The molecule has 0 aliphatic heterocycles. The fraction of sp³-hybridized carbons (Fsp3) is 0.462. The first-order chi connectivity index (χ1) is 8.04. The van der Waals surface area contributed by atoms with Crippen molar-refractivity contribution in [2.24, 2.45) is 5.73 Å². The molecule has 4 heteroatoms. The van der Waals surface area contributed by atoms with Gasteiger partial charge in [0.05, 0.1) is 0 Å². The molecule has 17 heavy (non-hydrogen) atoms. The van der Waals surface area contributed by atoms with Gasteiger partial charge >= 0.3 is 0 Å². The standard InChI is InChI=1S/C13H20N2O2/c1-3-11(14)6-7-15-13(17)10-4-5-12(16)9(2)8-10/h4-5,8,11,16H,3,6-7,14H2,1-2H3,(H,15,17). The molecule has 4 N–H and O–H groups in total. The molecule has 0 radical (unpaired) electrons. The van der Waals surface area contributed by atoms with E-state index in [0.29, 0.717) is 17.7 Å². The first-order valence-corrected chi connectivity index (χ1v) is 5.88. The van der Waals surface area contributed by atoms with Crippen molar-refractivity contribution in [1.29, 1.82) is 0 Å². The van der Waals surface area contributed by atoms with E-state index in [1.165, 1.54) is 6.07 Å². The summed E-state index contributed by atoms with van der Waals surface area (Å²) in [6, 6.07) is 4.95. The van der Waals surface area contributed by atoms with Gasteiger partial charge in [0.1, 0.15) is 5.75 Å². The Labute approximate surface area is 102 Å². The molecule has 1 rings (SSSR count). The van der Waals surface area contributed by atoms with Crippen LogP contribution in [0.4, 0.5) is 0 Å². The number of phenolic OH excluding ortho intramolecular Hbond substituents is 1. The second-order valence-corrected chi connectivity index (χ2v) is 4.21. The molecule has 94 valence electrons. The number of phenols is 1. The van der Waals surface area contributed by atoms with Gasteiger partial charge < -0.3 is 16.2 Å². The summed E-state index contributed by atoms with van der Waals surface area (Å²) in [6.07, 6.45) is 1.69. The lowest BCUT2D eigenvalue weighted by molar-refractivity contribution is 0.0952. The average molecular weight is 236 g/mol. The van der Waals surface area contributed by atoms with Gasteiger partial charge in [-0.05, 0) is 43.5 Å². The molecule has 0 aromatic heterocycles. The fourth-order valence-corrected chi connectivity index (χ4v) is 1.47. The lowest BCUT2D eigenvalue weighted by Gasteiger charge is -2.10. The molecule has 1 amide bonds.